The zero-order valence-electron chi connectivity index (χ0n) is 11.6. The number of para-hydroxylation sites is 1. The molecule has 0 aliphatic heterocycles. The second-order valence-electron chi connectivity index (χ2n) is 4.33. The molecule has 4 nitrogen and oxygen atoms in total. The van der Waals surface area contributed by atoms with Crippen LogP contribution in [0.3, 0.4) is 0 Å². The predicted octanol–water partition coefficient (Wildman–Crippen LogP) is 3.84. The number of hydrogen-bond acceptors (Lipinski definition) is 4. The van der Waals surface area contributed by atoms with Crippen LogP contribution in [0.4, 0.5) is 5.69 Å². The van der Waals surface area contributed by atoms with E-state index in [1.165, 1.54) is 0 Å². The number of hydrogen-bond donors (Lipinski definition) is 1. The predicted molar refractivity (Wildman–Crippen MR) is 89.2 cm³/mol. The average molecular weight is 384 g/mol. The van der Waals surface area contributed by atoms with Gasteiger partial charge in [0.15, 0.2) is 0 Å². The van der Waals surface area contributed by atoms with Crippen LogP contribution < -0.4 is 5.32 Å². The van der Waals surface area contributed by atoms with Crippen LogP contribution in [0.2, 0.25) is 0 Å². The molecule has 1 aromatic heterocycles. The number of carbonyl (C=O) groups excluding carboxylic acids is 1. The SMILES string of the molecule is CCCNc1c(C(=O)OCC)cnc2c(I)cccc12. The zero-order valence-corrected chi connectivity index (χ0v) is 13.7. The summed E-state index contributed by atoms with van der Waals surface area (Å²) in [6, 6.07) is 5.95. The fourth-order valence-electron chi connectivity index (χ4n) is 1.99. The minimum atomic E-state index is -0.334. The summed E-state index contributed by atoms with van der Waals surface area (Å²) in [5, 5.41) is 4.28. The first-order valence-corrected chi connectivity index (χ1v) is 7.75. The number of nitrogens with zero attached hydrogens (tertiary/aromatic N) is 1. The van der Waals surface area contributed by atoms with E-state index in [0.717, 1.165) is 33.1 Å². The number of esters is 1. The third-order valence-corrected chi connectivity index (χ3v) is 3.77. The van der Waals surface area contributed by atoms with Crippen molar-refractivity contribution in [1.82, 2.24) is 4.98 Å². The van der Waals surface area contributed by atoms with Crippen molar-refractivity contribution in [1.29, 1.82) is 0 Å². The Morgan fingerprint density at radius 3 is 2.90 bits per heavy atom. The van der Waals surface area contributed by atoms with Gasteiger partial charge >= 0.3 is 5.97 Å². The molecular formula is C15H17IN2O2. The average Bonchev–Trinajstić information content (AvgIpc) is 2.45. The van der Waals surface area contributed by atoms with E-state index in [9.17, 15) is 4.79 Å². The van der Waals surface area contributed by atoms with Gasteiger partial charge in [0.2, 0.25) is 0 Å². The van der Waals surface area contributed by atoms with Gasteiger partial charge in [0.25, 0.3) is 0 Å². The molecule has 0 atom stereocenters. The minimum Gasteiger partial charge on any atom is -0.462 e. The smallest absolute Gasteiger partial charge is 0.341 e. The molecule has 1 N–H and O–H groups in total. The first-order chi connectivity index (χ1) is 9.69. The quantitative estimate of drug-likeness (QED) is 0.629. The van der Waals surface area contributed by atoms with Crippen molar-refractivity contribution < 1.29 is 9.53 Å². The van der Waals surface area contributed by atoms with E-state index in [0.29, 0.717) is 12.2 Å². The van der Waals surface area contributed by atoms with Gasteiger partial charge in [-0.25, -0.2) is 4.79 Å². The molecule has 1 aromatic carbocycles. The van der Waals surface area contributed by atoms with Gasteiger partial charge in [-0.2, -0.15) is 0 Å². The Morgan fingerprint density at radius 1 is 1.40 bits per heavy atom. The van der Waals surface area contributed by atoms with Gasteiger partial charge in [-0.3, -0.25) is 4.98 Å². The number of benzene rings is 1. The Kier molecular flexibility index (Phi) is 5.17. The highest BCUT2D eigenvalue weighted by molar-refractivity contribution is 14.1. The van der Waals surface area contributed by atoms with Gasteiger partial charge in [-0.1, -0.05) is 19.1 Å². The third kappa shape index (κ3) is 3.03. The Labute approximate surface area is 132 Å². The zero-order chi connectivity index (χ0) is 14.5. The second kappa shape index (κ2) is 6.88. The number of ether oxygens (including phenoxy) is 1. The number of anilines is 1. The Hall–Kier alpha value is -1.37. The number of pyridine rings is 1. The highest BCUT2D eigenvalue weighted by atomic mass is 127. The van der Waals surface area contributed by atoms with Gasteiger partial charge in [0.1, 0.15) is 5.56 Å². The summed E-state index contributed by atoms with van der Waals surface area (Å²) in [5.41, 5.74) is 2.21. The van der Waals surface area contributed by atoms with Gasteiger partial charge in [-0.15, -0.1) is 0 Å². The van der Waals surface area contributed by atoms with Gasteiger partial charge in [0.05, 0.1) is 17.8 Å². The van der Waals surface area contributed by atoms with Crippen molar-refractivity contribution in [2.24, 2.45) is 0 Å². The van der Waals surface area contributed by atoms with Gasteiger partial charge in [0, 0.05) is 21.7 Å². The Morgan fingerprint density at radius 2 is 2.20 bits per heavy atom. The molecule has 0 saturated heterocycles. The molecule has 1 heterocycles. The van der Waals surface area contributed by atoms with Crippen LogP contribution in [-0.4, -0.2) is 24.1 Å². The summed E-state index contributed by atoms with van der Waals surface area (Å²) < 4.78 is 6.17. The lowest BCUT2D eigenvalue weighted by molar-refractivity contribution is 0.0527. The molecule has 0 amide bonds. The summed E-state index contributed by atoms with van der Waals surface area (Å²) in [6.45, 7) is 5.05. The van der Waals surface area contributed by atoms with Crippen LogP contribution in [-0.2, 0) is 4.74 Å². The fraction of sp³-hybridized carbons (Fsp3) is 0.333. The van der Waals surface area contributed by atoms with Crippen molar-refractivity contribution in [3.63, 3.8) is 0 Å². The molecule has 0 radical (unpaired) electrons. The lowest BCUT2D eigenvalue weighted by atomic mass is 10.1. The van der Waals surface area contributed by atoms with Gasteiger partial charge < -0.3 is 10.1 Å². The standard InChI is InChI=1S/C15H17IN2O2/c1-3-8-17-13-10-6-5-7-12(16)14(10)18-9-11(13)15(19)20-4-2/h5-7,9H,3-4,8H2,1-2H3,(H,17,18). The molecule has 5 heteroatoms. The maximum atomic E-state index is 12.1. The van der Waals surface area contributed by atoms with E-state index < -0.39 is 0 Å². The van der Waals surface area contributed by atoms with E-state index in [4.69, 9.17) is 4.74 Å². The van der Waals surface area contributed by atoms with Crippen LogP contribution in [0.15, 0.2) is 24.4 Å². The summed E-state index contributed by atoms with van der Waals surface area (Å²) >= 11 is 2.25. The van der Waals surface area contributed by atoms with Crippen molar-refractivity contribution >= 4 is 45.2 Å². The van der Waals surface area contributed by atoms with Gasteiger partial charge in [-0.05, 0) is 42.0 Å². The molecular weight excluding hydrogens is 367 g/mol. The first-order valence-electron chi connectivity index (χ1n) is 6.67. The number of fused-ring (bicyclic) bond motifs is 1. The lowest BCUT2D eigenvalue weighted by Crippen LogP contribution is -2.11. The van der Waals surface area contributed by atoms with E-state index >= 15 is 0 Å². The first kappa shape index (κ1) is 15.0. The van der Waals surface area contributed by atoms with E-state index in [1.54, 1.807) is 13.1 Å². The van der Waals surface area contributed by atoms with Crippen molar-refractivity contribution in [2.45, 2.75) is 20.3 Å². The largest absolute Gasteiger partial charge is 0.462 e. The van der Waals surface area contributed by atoms with Crippen molar-refractivity contribution in [3.8, 4) is 0 Å². The van der Waals surface area contributed by atoms with E-state index in [1.807, 2.05) is 18.2 Å². The topological polar surface area (TPSA) is 51.2 Å². The number of carbonyl (C=O) groups is 1. The minimum absolute atomic E-state index is 0.334. The molecule has 0 fully saturated rings. The molecule has 0 saturated carbocycles. The maximum Gasteiger partial charge on any atom is 0.341 e. The van der Waals surface area contributed by atoms with Crippen LogP contribution >= 0.6 is 22.6 Å². The highest BCUT2D eigenvalue weighted by Gasteiger charge is 2.17. The normalized spacial score (nSPS) is 10.6. The van der Waals surface area contributed by atoms with Crippen molar-refractivity contribution in [2.75, 3.05) is 18.5 Å². The summed E-state index contributed by atoms with van der Waals surface area (Å²) in [5.74, 6) is -0.334. The van der Waals surface area contributed by atoms with Crippen LogP contribution in [0.25, 0.3) is 10.9 Å². The molecule has 0 bridgehead atoms. The summed E-state index contributed by atoms with van der Waals surface area (Å²) in [7, 11) is 0. The highest BCUT2D eigenvalue weighted by Crippen LogP contribution is 2.29. The number of nitrogens with one attached hydrogen (secondary N) is 1. The third-order valence-electron chi connectivity index (χ3n) is 2.90. The maximum absolute atomic E-state index is 12.1. The lowest BCUT2D eigenvalue weighted by Gasteiger charge is -2.14. The molecule has 2 rings (SSSR count). The van der Waals surface area contributed by atoms with E-state index in [2.05, 4.69) is 39.8 Å². The van der Waals surface area contributed by atoms with Crippen LogP contribution in [0, 0.1) is 3.57 Å². The molecule has 106 valence electrons. The monoisotopic (exact) mass is 384 g/mol. The number of halogens is 1. The molecule has 20 heavy (non-hydrogen) atoms. The number of aromatic nitrogens is 1. The molecule has 0 unspecified atom stereocenters. The summed E-state index contributed by atoms with van der Waals surface area (Å²) in [6.07, 6.45) is 2.58. The van der Waals surface area contributed by atoms with Crippen molar-refractivity contribution in [3.05, 3.63) is 33.5 Å². The molecule has 2 aromatic rings. The Balaban J connectivity index is 2.59. The summed E-state index contributed by atoms with van der Waals surface area (Å²) in [4.78, 5) is 16.5. The Bertz CT molecular complexity index is 629. The second-order valence-corrected chi connectivity index (χ2v) is 5.49. The van der Waals surface area contributed by atoms with E-state index in [-0.39, 0.29) is 5.97 Å². The van der Waals surface area contributed by atoms with Crippen LogP contribution in [0.1, 0.15) is 30.6 Å². The molecule has 0 aliphatic carbocycles. The number of rotatable bonds is 5. The van der Waals surface area contributed by atoms with Crippen LogP contribution in [0.5, 0.6) is 0 Å². The molecule has 0 spiro atoms. The fourth-order valence-corrected chi connectivity index (χ4v) is 2.63. The molecule has 0 aliphatic rings.